The van der Waals surface area contributed by atoms with Crippen LogP contribution in [0, 0.1) is 0 Å². The van der Waals surface area contributed by atoms with Crippen LogP contribution >= 0.6 is 28.1 Å². The molecule has 21 heavy (non-hydrogen) atoms. The fraction of sp³-hybridized carbons (Fsp3) is 0.214. The van der Waals surface area contributed by atoms with Crippen LogP contribution in [0.4, 0.5) is 0 Å². The molecule has 0 aromatic heterocycles. The van der Waals surface area contributed by atoms with E-state index in [0.717, 1.165) is 23.3 Å². The zero-order valence-corrected chi connectivity index (χ0v) is 14.0. The highest BCUT2D eigenvalue weighted by molar-refractivity contribution is 9.11. The van der Waals surface area contributed by atoms with E-state index in [1.807, 2.05) is 36.8 Å². The van der Waals surface area contributed by atoms with E-state index < -0.39 is 0 Å². The van der Waals surface area contributed by atoms with Crippen molar-refractivity contribution in [1.29, 1.82) is 0 Å². The Bertz CT molecular complexity index is 576. The predicted octanol–water partition coefficient (Wildman–Crippen LogP) is 2.27. The van der Waals surface area contributed by atoms with Gasteiger partial charge in [0.2, 0.25) is 0 Å². The SMILES string of the molecule is COc1ccccc1CCN1C=CN(NC(N)=S)C=C1Br. The summed E-state index contributed by atoms with van der Waals surface area (Å²) in [5.41, 5.74) is 9.45. The van der Waals surface area contributed by atoms with Gasteiger partial charge in [-0.1, -0.05) is 18.2 Å². The molecule has 0 radical (unpaired) electrons. The Morgan fingerprint density at radius 3 is 2.81 bits per heavy atom. The van der Waals surface area contributed by atoms with E-state index in [1.165, 1.54) is 5.56 Å². The van der Waals surface area contributed by atoms with E-state index in [0.29, 0.717) is 0 Å². The monoisotopic (exact) mass is 368 g/mol. The molecule has 0 saturated carbocycles. The Labute approximate surface area is 138 Å². The minimum Gasteiger partial charge on any atom is -0.496 e. The van der Waals surface area contributed by atoms with Gasteiger partial charge in [0.1, 0.15) is 10.4 Å². The first-order valence-corrected chi connectivity index (χ1v) is 7.59. The number of nitrogens with zero attached hydrogens (tertiary/aromatic N) is 2. The normalized spacial score (nSPS) is 13.9. The molecule has 0 fully saturated rings. The lowest BCUT2D eigenvalue weighted by Crippen LogP contribution is -2.40. The van der Waals surface area contributed by atoms with Crippen molar-refractivity contribution in [2.24, 2.45) is 5.73 Å². The number of nitrogens with two attached hydrogens (primary N) is 1. The Kier molecular flexibility index (Phi) is 5.46. The first-order valence-electron chi connectivity index (χ1n) is 6.39. The molecule has 0 aliphatic carbocycles. The van der Waals surface area contributed by atoms with E-state index >= 15 is 0 Å². The van der Waals surface area contributed by atoms with Crippen molar-refractivity contribution in [2.45, 2.75) is 6.42 Å². The van der Waals surface area contributed by atoms with Crippen LogP contribution in [0.15, 0.2) is 47.5 Å². The van der Waals surface area contributed by atoms with Crippen molar-refractivity contribution in [1.82, 2.24) is 15.3 Å². The molecule has 1 aromatic carbocycles. The topological polar surface area (TPSA) is 53.8 Å². The van der Waals surface area contributed by atoms with Gasteiger partial charge in [-0.3, -0.25) is 10.4 Å². The zero-order chi connectivity index (χ0) is 15.2. The lowest BCUT2D eigenvalue weighted by Gasteiger charge is -2.28. The maximum absolute atomic E-state index is 5.44. The predicted molar refractivity (Wildman–Crippen MR) is 91.3 cm³/mol. The number of rotatable bonds is 5. The number of para-hydroxylation sites is 1. The quantitative estimate of drug-likeness (QED) is 0.614. The molecule has 3 N–H and O–H groups in total. The largest absolute Gasteiger partial charge is 0.496 e. The van der Waals surface area contributed by atoms with Gasteiger partial charge in [0.15, 0.2) is 5.11 Å². The number of ether oxygens (including phenoxy) is 1. The van der Waals surface area contributed by atoms with E-state index in [-0.39, 0.29) is 5.11 Å². The Balaban J connectivity index is 1.96. The second kappa shape index (κ2) is 7.33. The minimum absolute atomic E-state index is 0.221. The van der Waals surface area contributed by atoms with E-state index in [9.17, 15) is 0 Å². The van der Waals surface area contributed by atoms with Gasteiger partial charge in [0.25, 0.3) is 0 Å². The summed E-state index contributed by atoms with van der Waals surface area (Å²) in [6.45, 7) is 0.828. The van der Waals surface area contributed by atoms with Crippen LogP contribution in [0.2, 0.25) is 0 Å². The lowest BCUT2D eigenvalue weighted by atomic mass is 10.1. The first kappa shape index (κ1) is 15.7. The molecule has 0 spiro atoms. The summed E-state index contributed by atoms with van der Waals surface area (Å²) in [7, 11) is 1.69. The number of benzene rings is 1. The highest BCUT2D eigenvalue weighted by Crippen LogP contribution is 2.22. The van der Waals surface area contributed by atoms with Gasteiger partial charge < -0.3 is 15.4 Å². The molecule has 1 aliphatic rings. The number of hydrogen-bond donors (Lipinski definition) is 2. The van der Waals surface area contributed by atoms with Crippen LogP contribution in [0.5, 0.6) is 5.75 Å². The number of hydrazine groups is 1. The van der Waals surface area contributed by atoms with Gasteiger partial charge in [0.05, 0.1) is 13.3 Å². The van der Waals surface area contributed by atoms with Gasteiger partial charge in [-0.25, -0.2) is 0 Å². The van der Waals surface area contributed by atoms with Crippen LogP contribution < -0.4 is 15.9 Å². The van der Waals surface area contributed by atoms with Crippen LogP contribution in [-0.4, -0.2) is 28.7 Å². The van der Waals surface area contributed by atoms with Gasteiger partial charge in [-0.2, -0.15) is 0 Å². The molecule has 7 heteroatoms. The van der Waals surface area contributed by atoms with Crippen molar-refractivity contribution in [3.05, 3.63) is 53.0 Å². The third-order valence-corrected chi connectivity index (χ3v) is 3.73. The Morgan fingerprint density at radius 1 is 1.38 bits per heavy atom. The summed E-state index contributed by atoms with van der Waals surface area (Å²) < 4.78 is 6.28. The minimum atomic E-state index is 0.221. The molecule has 0 bridgehead atoms. The number of halogens is 1. The molecule has 1 aromatic rings. The summed E-state index contributed by atoms with van der Waals surface area (Å²) in [4.78, 5) is 2.09. The van der Waals surface area contributed by atoms with Gasteiger partial charge >= 0.3 is 0 Å². The van der Waals surface area contributed by atoms with Crippen LogP contribution in [0.3, 0.4) is 0 Å². The third kappa shape index (κ3) is 4.37. The van der Waals surface area contributed by atoms with Crippen molar-refractivity contribution in [3.8, 4) is 5.75 Å². The molecule has 0 atom stereocenters. The molecular weight excluding hydrogens is 352 g/mol. The molecule has 0 amide bonds. The summed E-state index contributed by atoms with van der Waals surface area (Å²) in [5, 5.41) is 1.92. The van der Waals surface area contributed by atoms with Crippen LogP contribution in [0.25, 0.3) is 0 Å². The number of hydrogen-bond acceptors (Lipinski definition) is 4. The fourth-order valence-corrected chi connectivity index (χ4v) is 2.61. The molecule has 5 nitrogen and oxygen atoms in total. The van der Waals surface area contributed by atoms with Crippen molar-refractivity contribution < 1.29 is 4.74 Å². The van der Waals surface area contributed by atoms with E-state index in [1.54, 1.807) is 12.1 Å². The highest BCUT2D eigenvalue weighted by Gasteiger charge is 2.12. The van der Waals surface area contributed by atoms with E-state index in [4.69, 9.17) is 22.7 Å². The lowest BCUT2D eigenvalue weighted by molar-refractivity contribution is 0.385. The smallest absolute Gasteiger partial charge is 0.183 e. The summed E-state index contributed by atoms with van der Waals surface area (Å²) in [5.74, 6) is 0.912. The Hall–Kier alpha value is -1.73. The van der Waals surface area contributed by atoms with Crippen LogP contribution in [-0.2, 0) is 6.42 Å². The average Bonchev–Trinajstić information content (AvgIpc) is 2.46. The number of nitrogens with one attached hydrogen (secondary N) is 1. The maximum Gasteiger partial charge on any atom is 0.183 e. The van der Waals surface area contributed by atoms with Crippen molar-refractivity contribution in [2.75, 3.05) is 13.7 Å². The molecule has 112 valence electrons. The summed E-state index contributed by atoms with van der Waals surface area (Å²) in [6.07, 6.45) is 6.54. The third-order valence-electron chi connectivity index (χ3n) is 2.98. The van der Waals surface area contributed by atoms with Crippen molar-refractivity contribution >= 4 is 33.3 Å². The maximum atomic E-state index is 5.44. The summed E-state index contributed by atoms with van der Waals surface area (Å²) in [6, 6.07) is 8.03. The fourth-order valence-electron chi connectivity index (χ4n) is 1.98. The number of methoxy groups -OCH3 is 1. The molecular formula is C14H17BrN4OS. The second-order valence-corrected chi connectivity index (χ2v) is 5.64. The first-order chi connectivity index (χ1) is 10.1. The standard InChI is InChI=1S/C14H17BrN4OS/c1-20-12-5-3-2-4-11(12)6-7-18-8-9-19(10-13(18)15)17-14(16)21/h2-5,8-10H,6-7H2,1H3,(H3,16,17,21). The Morgan fingerprint density at radius 2 is 2.14 bits per heavy atom. The highest BCUT2D eigenvalue weighted by atomic mass is 79.9. The molecule has 2 rings (SSSR count). The van der Waals surface area contributed by atoms with Crippen molar-refractivity contribution in [3.63, 3.8) is 0 Å². The summed E-state index contributed by atoms with van der Waals surface area (Å²) >= 11 is 8.34. The van der Waals surface area contributed by atoms with Gasteiger partial charge in [0, 0.05) is 18.9 Å². The van der Waals surface area contributed by atoms with Gasteiger partial charge in [-0.15, -0.1) is 0 Å². The molecule has 1 heterocycles. The molecule has 1 aliphatic heterocycles. The van der Waals surface area contributed by atoms with Gasteiger partial charge in [-0.05, 0) is 46.2 Å². The zero-order valence-electron chi connectivity index (χ0n) is 11.6. The second-order valence-electron chi connectivity index (χ2n) is 4.39. The average molecular weight is 369 g/mol. The van der Waals surface area contributed by atoms with Crippen LogP contribution in [0.1, 0.15) is 5.56 Å². The number of thiocarbonyl (C=S) groups is 1. The molecule has 0 unspecified atom stereocenters. The van der Waals surface area contributed by atoms with E-state index in [2.05, 4.69) is 32.3 Å². The molecule has 0 saturated heterocycles.